The molecule has 2 atom stereocenters. The van der Waals surface area contributed by atoms with E-state index in [0.717, 1.165) is 77.0 Å². The minimum atomic E-state index is -0.0460. The second-order valence-corrected chi connectivity index (χ2v) is 14.1. The van der Waals surface area contributed by atoms with E-state index < -0.39 is 0 Å². The van der Waals surface area contributed by atoms with Crippen molar-refractivity contribution in [3.05, 3.63) is 63.7 Å². The molecule has 0 aromatic heterocycles. The summed E-state index contributed by atoms with van der Waals surface area (Å²) in [5.41, 5.74) is 8.60. The number of likely N-dealkylation sites (N-methyl/N-ethyl adjacent to an activating group) is 2. The van der Waals surface area contributed by atoms with Gasteiger partial charge in [-0.3, -0.25) is 9.80 Å². The molecule has 12 heteroatoms. The van der Waals surface area contributed by atoms with Crippen LogP contribution in [-0.2, 0) is 25.7 Å². The lowest BCUT2D eigenvalue weighted by Crippen LogP contribution is -2.36. The molecule has 0 radical (unpaired) electrons. The summed E-state index contributed by atoms with van der Waals surface area (Å²) in [6.07, 6.45) is 2.99. The van der Waals surface area contributed by atoms with Gasteiger partial charge in [-0.2, -0.15) is 0 Å². The van der Waals surface area contributed by atoms with Crippen LogP contribution in [-0.4, -0.2) is 101 Å². The Bertz CT molecular complexity index is 2100. The van der Waals surface area contributed by atoms with Crippen molar-refractivity contribution >= 4 is 0 Å². The molecule has 55 heavy (non-hydrogen) atoms. The van der Waals surface area contributed by atoms with Crippen molar-refractivity contribution in [3.63, 3.8) is 0 Å². The molecule has 1 aliphatic carbocycles. The average Bonchev–Trinajstić information content (AvgIpc) is 3.21. The lowest BCUT2D eigenvalue weighted by atomic mass is 9.76. The van der Waals surface area contributed by atoms with Gasteiger partial charge in [-0.15, -0.1) is 0 Å². The molecule has 2 heterocycles. The molecule has 4 aromatic rings. The molecule has 4 aromatic carbocycles. The molecule has 0 unspecified atom stereocenters. The third-order valence-electron chi connectivity index (χ3n) is 11.5. The van der Waals surface area contributed by atoms with Crippen molar-refractivity contribution in [2.75, 3.05) is 91.2 Å². The molecule has 0 fully saturated rings. The number of nitrogens with zero attached hydrogens (tertiary/aromatic N) is 2. The SMILES string of the molecule is COc1cc(C[C@H]2c3cc(OC)c(OC)c(OC)c3CCN2C)c(Oc2cc3c(cc2OC)-c2c(OC)c(OC)c(OC)c4c2[C@H](C3)N(C)CC4)cc1OC. The largest absolute Gasteiger partial charge is 0.493 e. The first-order chi connectivity index (χ1) is 26.7. The molecular weight excluding hydrogens is 704 g/mol. The van der Waals surface area contributed by atoms with Crippen molar-refractivity contribution in [1.29, 1.82) is 0 Å². The number of ether oxygens (including phenoxy) is 10. The van der Waals surface area contributed by atoms with Crippen LogP contribution in [0.1, 0.15) is 45.5 Å². The Balaban J connectivity index is 1.36. The Hall–Kier alpha value is -5.20. The minimum Gasteiger partial charge on any atom is -0.493 e. The molecule has 0 saturated carbocycles. The molecular formula is C43H52N2O10. The summed E-state index contributed by atoms with van der Waals surface area (Å²) in [5, 5.41) is 0. The third-order valence-corrected chi connectivity index (χ3v) is 11.5. The van der Waals surface area contributed by atoms with Crippen LogP contribution in [0.4, 0.5) is 0 Å². The first kappa shape index (κ1) is 38.1. The van der Waals surface area contributed by atoms with Gasteiger partial charge in [0.2, 0.25) is 11.5 Å². The highest BCUT2D eigenvalue weighted by Crippen LogP contribution is 2.58. The van der Waals surface area contributed by atoms with Gasteiger partial charge >= 0.3 is 0 Å². The van der Waals surface area contributed by atoms with E-state index in [4.69, 9.17) is 47.4 Å². The van der Waals surface area contributed by atoms with Crippen LogP contribution < -0.4 is 47.4 Å². The van der Waals surface area contributed by atoms with Gasteiger partial charge in [-0.1, -0.05) is 0 Å². The van der Waals surface area contributed by atoms with Crippen LogP contribution in [0.15, 0.2) is 30.3 Å². The number of hydrogen-bond acceptors (Lipinski definition) is 12. The molecule has 0 bridgehead atoms. The molecule has 0 saturated heterocycles. The molecule has 0 amide bonds. The number of methoxy groups -OCH3 is 9. The fourth-order valence-corrected chi connectivity index (χ4v) is 8.82. The van der Waals surface area contributed by atoms with Gasteiger partial charge < -0.3 is 47.4 Å². The highest BCUT2D eigenvalue weighted by Gasteiger charge is 2.40. The minimum absolute atomic E-state index is 0.0460. The fourth-order valence-electron chi connectivity index (χ4n) is 8.82. The van der Waals surface area contributed by atoms with Crippen molar-refractivity contribution in [2.45, 2.75) is 37.8 Å². The zero-order valence-corrected chi connectivity index (χ0v) is 33.8. The van der Waals surface area contributed by atoms with Gasteiger partial charge in [-0.25, -0.2) is 0 Å². The van der Waals surface area contributed by atoms with Gasteiger partial charge in [-0.05, 0) is 86.3 Å². The van der Waals surface area contributed by atoms with Gasteiger partial charge in [0.15, 0.2) is 46.0 Å². The second kappa shape index (κ2) is 15.5. The van der Waals surface area contributed by atoms with E-state index in [1.54, 1.807) is 64.0 Å². The van der Waals surface area contributed by atoms with Crippen molar-refractivity contribution in [2.24, 2.45) is 0 Å². The van der Waals surface area contributed by atoms with Gasteiger partial charge in [0.05, 0.1) is 64.0 Å². The summed E-state index contributed by atoms with van der Waals surface area (Å²) in [6.45, 7) is 1.71. The summed E-state index contributed by atoms with van der Waals surface area (Å²) >= 11 is 0. The lowest BCUT2D eigenvalue weighted by molar-refractivity contribution is 0.222. The Kier molecular flexibility index (Phi) is 10.7. The van der Waals surface area contributed by atoms with E-state index in [-0.39, 0.29) is 12.1 Å². The van der Waals surface area contributed by atoms with Gasteiger partial charge in [0, 0.05) is 53.5 Å². The maximum atomic E-state index is 6.95. The van der Waals surface area contributed by atoms with Crippen LogP contribution >= 0.6 is 0 Å². The zero-order chi connectivity index (χ0) is 39.1. The molecule has 0 N–H and O–H groups in total. The predicted molar refractivity (Wildman–Crippen MR) is 209 cm³/mol. The Morgan fingerprint density at radius 3 is 1.75 bits per heavy atom. The predicted octanol–water partition coefficient (Wildman–Crippen LogP) is 7.08. The lowest BCUT2D eigenvalue weighted by Gasteiger charge is -2.41. The Labute approximate surface area is 323 Å². The number of fused-ring (bicyclic) bond motifs is 3. The van der Waals surface area contributed by atoms with E-state index in [1.807, 2.05) is 12.1 Å². The van der Waals surface area contributed by atoms with Gasteiger partial charge in [0.1, 0.15) is 5.75 Å². The van der Waals surface area contributed by atoms with Crippen LogP contribution in [0.5, 0.6) is 63.2 Å². The maximum Gasteiger partial charge on any atom is 0.204 e. The standard InChI is InChI=1S/C43H52N2O10/c1-44-14-12-25-28(21-36(49-6)41(52-9)39(25)50-7)29(44)17-24-19-32(46-3)34(48-5)22-31(24)55-35-18-23-16-30-37-26(13-15-45(30)2)40(51-8)43(54-11)42(53-10)38(37)27(23)20-33(35)47-4/h18-22,29-30H,12-17H2,1-11H3/t29-,30-/m0/s1. The quantitative estimate of drug-likeness (QED) is 0.140. The topological polar surface area (TPSA) is 98.8 Å². The molecule has 0 spiro atoms. The summed E-state index contributed by atoms with van der Waals surface area (Å²) in [6, 6.07) is 10.2. The third kappa shape index (κ3) is 6.25. The average molecular weight is 757 g/mol. The van der Waals surface area contributed by atoms with E-state index in [0.29, 0.717) is 63.9 Å². The van der Waals surface area contributed by atoms with Crippen LogP contribution in [0, 0.1) is 0 Å². The van der Waals surface area contributed by atoms with Crippen LogP contribution in [0.3, 0.4) is 0 Å². The van der Waals surface area contributed by atoms with E-state index in [1.165, 1.54) is 5.56 Å². The zero-order valence-electron chi connectivity index (χ0n) is 33.8. The van der Waals surface area contributed by atoms with E-state index in [9.17, 15) is 0 Å². The number of hydrogen-bond donors (Lipinski definition) is 0. The smallest absolute Gasteiger partial charge is 0.204 e. The summed E-state index contributed by atoms with van der Waals surface area (Å²) < 4.78 is 60.1. The number of rotatable bonds is 13. The maximum absolute atomic E-state index is 6.95. The number of benzene rings is 4. The monoisotopic (exact) mass is 756 g/mol. The molecule has 2 aliphatic heterocycles. The summed E-state index contributed by atoms with van der Waals surface area (Å²) in [5.74, 6) is 6.82. The highest BCUT2D eigenvalue weighted by atomic mass is 16.5. The van der Waals surface area contributed by atoms with Crippen LogP contribution in [0.25, 0.3) is 11.1 Å². The summed E-state index contributed by atoms with van der Waals surface area (Å²) in [7, 11) is 19.2. The molecule has 3 aliphatic rings. The first-order valence-electron chi connectivity index (χ1n) is 18.4. The molecule has 7 rings (SSSR count). The Morgan fingerprint density at radius 1 is 0.527 bits per heavy atom. The fraction of sp³-hybridized carbons (Fsp3) is 0.442. The van der Waals surface area contributed by atoms with Crippen molar-refractivity contribution in [3.8, 4) is 74.4 Å². The Morgan fingerprint density at radius 2 is 1.11 bits per heavy atom. The first-order valence-corrected chi connectivity index (χ1v) is 18.4. The van der Waals surface area contributed by atoms with Crippen molar-refractivity contribution in [1.82, 2.24) is 9.80 Å². The highest BCUT2D eigenvalue weighted by molar-refractivity contribution is 5.87. The summed E-state index contributed by atoms with van der Waals surface area (Å²) in [4.78, 5) is 4.74. The van der Waals surface area contributed by atoms with Gasteiger partial charge in [0.25, 0.3) is 0 Å². The van der Waals surface area contributed by atoms with E-state index in [2.05, 4.69) is 42.1 Å². The van der Waals surface area contributed by atoms with Crippen molar-refractivity contribution < 1.29 is 47.4 Å². The van der Waals surface area contributed by atoms with E-state index >= 15 is 0 Å². The molecule has 12 nitrogen and oxygen atoms in total. The normalized spacial score (nSPS) is 17.3. The van der Waals surface area contributed by atoms with Crippen LogP contribution in [0.2, 0.25) is 0 Å². The second-order valence-electron chi connectivity index (χ2n) is 14.1. The molecule has 294 valence electrons.